The van der Waals surface area contributed by atoms with Gasteiger partial charge in [0, 0.05) is 11.8 Å². The van der Waals surface area contributed by atoms with Crippen LogP contribution in [0.25, 0.3) is 0 Å². The highest BCUT2D eigenvalue weighted by Gasteiger charge is 2.27. The summed E-state index contributed by atoms with van der Waals surface area (Å²) >= 11 is 2.13. The van der Waals surface area contributed by atoms with E-state index in [0.29, 0.717) is 0 Å². The molecule has 2 saturated heterocycles. The van der Waals surface area contributed by atoms with Crippen molar-refractivity contribution in [3.8, 4) is 0 Å². The van der Waals surface area contributed by atoms with Crippen molar-refractivity contribution in [1.82, 2.24) is 5.32 Å². The van der Waals surface area contributed by atoms with Crippen LogP contribution in [0.15, 0.2) is 0 Å². The first kappa shape index (κ1) is 6.99. The molecule has 0 aliphatic carbocycles. The maximum Gasteiger partial charge on any atom is 0.0194 e. The zero-order valence-corrected chi connectivity index (χ0v) is 7.12. The quantitative estimate of drug-likeness (QED) is 0.572. The second-order valence-corrected chi connectivity index (χ2v) is 4.43. The number of hydrogen-bond donors (Lipinski definition) is 1. The fraction of sp³-hybridized carbons (Fsp3) is 1.00. The van der Waals surface area contributed by atoms with Gasteiger partial charge >= 0.3 is 0 Å². The number of thioether (sulfide) groups is 1. The molecule has 2 rings (SSSR count). The molecule has 2 heteroatoms. The van der Waals surface area contributed by atoms with Gasteiger partial charge in [-0.25, -0.2) is 0 Å². The summed E-state index contributed by atoms with van der Waals surface area (Å²) in [6, 6.07) is 0.868. The molecule has 58 valence electrons. The highest BCUT2D eigenvalue weighted by Crippen LogP contribution is 2.29. The third-order valence-electron chi connectivity index (χ3n) is 2.61. The molecule has 10 heavy (non-hydrogen) atoms. The summed E-state index contributed by atoms with van der Waals surface area (Å²) in [5, 5.41) is 3.62. The summed E-state index contributed by atoms with van der Waals surface area (Å²) < 4.78 is 0. The predicted molar refractivity (Wildman–Crippen MR) is 46.5 cm³/mol. The number of fused-ring (bicyclic) bond motifs is 1. The fourth-order valence-corrected chi connectivity index (χ4v) is 3.41. The molecule has 0 aromatic heterocycles. The van der Waals surface area contributed by atoms with Crippen molar-refractivity contribution >= 4 is 11.8 Å². The van der Waals surface area contributed by atoms with E-state index in [0.717, 1.165) is 12.0 Å². The van der Waals surface area contributed by atoms with Gasteiger partial charge in [0.05, 0.1) is 0 Å². The summed E-state index contributed by atoms with van der Waals surface area (Å²) in [6.07, 6.45) is 4.33. The normalized spacial score (nSPS) is 40.8. The Morgan fingerprint density at radius 2 is 2.20 bits per heavy atom. The van der Waals surface area contributed by atoms with E-state index in [1.807, 2.05) is 0 Å². The maximum absolute atomic E-state index is 3.62. The molecular formula is C8H15NS. The summed E-state index contributed by atoms with van der Waals surface area (Å²) in [5.41, 5.74) is 0. The lowest BCUT2D eigenvalue weighted by atomic mass is 9.99. The first-order valence-corrected chi connectivity index (χ1v) is 5.43. The molecule has 0 spiro atoms. The molecule has 0 bridgehead atoms. The van der Waals surface area contributed by atoms with Crippen LogP contribution in [0, 0.1) is 5.92 Å². The molecule has 0 radical (unpaired) electrons. The van der Waals surface area contributed by atoms with Crippen LogP contribution in [0.3, 0.4) is 0 Å². The van der Waals surface area contributed by atoms with Crippen LogP contribution in [0.2, 0.25) is 0 Å². The number of rotatable bonds is 0. The van der Waals surface area contributed by atoms with Gasteiger partial charge in [0.25, 0.3) is 0 Å². The largest absolute Gasteiger partial charge is 0.313 e. The van der Waals surface area contributed by atoms with Crippen LogP contribution in [0.4, 0.5) is 0 Å². The van der Waals surface area contributed by atoms with Gasteiger partial charge in [0.2, 0.25) is 0 Å². The molecule has 0 saturated carbocycles. The molecule has 2 unspecified atom stereocenters. The van der Waals surface area contributed by atoms with Crippen molar-refractivity contribution in [2.45, 2.75) is 25.3 Å². The number of nitrogens with one attached hydrogen (secondary N) is 1. The van der Waals surface area contributed by atoms with Crippen molar-refractivity contribution in [2.75, 3.05) is 18.1 Å². The summed E-state index contributed by atoms with van der Waals surface area (Å²) in [5.74, 6) is 3.79. The smallest absolute Gasteiger partial charge is 0.0194 e. The third-order valence-corrected chi connectivity index (χ3v) is 3.87. The second-order valence-electron chi connectivity index (χ2n) is 3.35. The molecule has 2 fully saturated rings. The Labute approximate surface area is 67.0 Å². The van der Waals surface area contributed by atoms with E-state index in [4.69, 9.17) is 0 Å². The van der Waals surface area contributed by atoms with Crippen molar-refractivity contribution in [2.24, 2.45) is 5.92 Å². The Morgan fingerprint density at radius 3 is 3.20 bits per heavy atom. The van der Waals surface area contributed by atoms with Gasteiger partial charge in [-0.1, -0.05) is 6.42 Å². The Bertz CT molecular complexity index is 104. The first-order chi connectivity index (χ1) is 4.97. The van der Waals surface area contributed by atoms with Gasteiger partial charge in [0.15, 0.2) is 0 Å². The molecule has 2 aliphatic heterocycles. The van der Waals surface area contributed by atoms with E-state index >= 15 is 0 Å². The number of hydrogen-bond acceptors (Lipinski definition) is 2. The van der Waals surface area contributed by atoms with E-state index in [9.17, 15) is 0 Å². The van der Waals surface area contributed by atoms with Crippen molar-refractivity contribution in [1.29, 1.82) is 0 Å². The second kappa shape index (κ2) is 3.14. The molecular weight excluding hydrogens is 142 g/mol. The highest BCUT2D eigenvalue weighted by molar-refractivity contribution is 7.99. The lowest BCUT2D eigenvalue weighted by Crippen LogP contribution is -2.33. The summed E-state index contributed by atoms with van der Waals surface area (Å²) in [4.78, 5) is 0. The minimum atomic E-state index is 0.868. The maximum atomic E-state index is 3.62. The van der Waals surface area contributed by atoms with E-state index < -0.39 is 0 Å². The summed E-state index contributed by atoms with van der Waals surface area (Å²) in [7, 11) is 0. The van der Waals surface area contributed by atoms with E-state index in [1.54, 1.807) is 0 Å². The predicted octanol–water partition coefficient (Wildman–Crippen LogP) is 1.49. The SMILES string of the molecule is C1CCC2CSCC2NC1. The van der Waals surface area contributed by atoms with Crippen LogP contribution in [0.5, 0.6) is 0 Å². The fourth-order valence-electron chi connectivity index (χ4n) is 1.93. The van der Waals surface area contributed by atoms with Gasteiger partial charge in [-0.15, -0.1) is 0 Å². The average molecular weight is 157 g/mol. The topological polar surface area (TPSA) is 12.0 Å². The molecule has 0 aromatic carbocycles. The van der Waals surface area contributed by atoms with E-state index in [2.05, 4.69) is 17.1 Å². The van der Waals surface area contributed by atoms with Gasteiger partial charge in [-0.2, -0.15) is 11.8 Å². The Hall–Kier alpha value is 0.310. The van der Waals surface area contributed by atoms with E-state index in [1.165, 1.54) is 37.3 Å². The zero-order valence-electron chi connectivity index (χ0n) is 6.31. The minimum Gasteiger partial charge on any atom is -0.313 e. The molecule has 2 aliphatic rings. The van der Waals surface area contributed by atoms with Crippen LogP contribution >= 0.6 is 11.8 Å². The lowest BCUT2D eigenvalue weighted by molar-refractivity contribution is 0.444. The zero-order chi connectivity index (χ0) is 6.81. The molecule has 0 amide bonds. The molecule has 2 atom stereocenters. The van der Waals surface area contributed by atoms with Gasteiger partial charge in [-0.05, 0) is 31.1 Å². The van der Waals surface area contributed by atoms with Crippen LogP contribution in [-0.2, 0) is 0 Å². The Balaban J connectivity index is 1.95. The van der Waals surface area contributed by atoms with Crippen molar-refractivity contribution < 1.29 is 0 Å². The minimum absolute atomic E-state index is 0.868. The monoisotopic (exact) mass is 157 g/mol. The standard InChI is InChI=1S/C8H15NS/c1-2-4-9-8-6-10-5-7(8)3-1/h7-9H,1-6H2. The van der Waals surface area contributed by atoms with Crippen molar-refractivity contribution in [3.05, 3.63) is 0 Å². The lowest BCUT2D eigenvalue weighted by Gasteiger charge is -2.14. The molecule has 0 aromatic rings. The Kier molecular flexibility index (Phi) is 2.19. The molecule has 1 N–H and O–H groups in total. The third kappa shape index (κ3) is 1.32. The average Bonchev–Trinajstić information content (AvgIpc) is 2.28. The van der Waals surface area contributed by atoms with Crippen LogP contribution in [-0.4, -0.2) is 24.1 Å². The first-order valence-electron chi connectivity index (χ1n) is 4.28. The van der Waals surface area contributed by atoms with Crippen LogP contribution in [0.1, 0.15) is 19.3 Å². The van der Waals surface area contributed by atoms with Crippen molar-refractivity contribution in [3.63, 3.8) is 0 Å². The Morgan fingerprint density at radius 1 is 1.20 bits per heavy atom. The van der Waals surface area contributed by atoms with Gasteiger partial charge < -0.3 is 5.32 Å². The molecule has 2 heterocycles. The van der Waals surface area contributed by atoms with Gasteiger partial charge in [-0.3, -0.25) is 0 Å². The van der Waals surface area contributed by atoms with E-state index in [-0.39, 0.29) is 0 Å². The molecule has 1 nitrogen and oxygen atoms in total. The van der Waals surface area contributed by atoms with Crippen LogP contribution < -0.4 is 5.32 Å². The summed E-state index contributed by atoms with van der Waals surface area (Å²) in [6.45, 7) is 1.27. The van der Waals surface area contributed by atoms with Gasteiger partial charge in [0.1, 0.15) is 0 Å². The highest BCUT2D eigenvalue weighted by atomic mass is 32.2.